The first-order valence-corrected chi connectivity index (χ1v) is 18.2. The molecule has 254 valence electrons. The van der Waals surface area contributed by atoms with Gasteiger partial charge in [0.2, 0.25) is 11.8 Å². The molecule has 6 aliphatic heterocycles. The van der Waals surface area contributed by atoms with Crippen LogP contribution in [-0.4, -0.2) is 80.8 Å². The maximum absolute atomic E-state index is 13.3. The Balaban J connectivity index is 0.879. The first-order valence-electron chi connectivity index (χ1n) is 17.0. The van der Waals surface area contributed by atoms with Crippen LogP contribution >= 0.6 is 27.5 Å². The first kappa shape index (κ1) is 32.2. The normalized spacial score (nSPS) is 27.9. The Bertz CT molecular complexity index is 1810. The van der Waals surface area contributed by atoms with Crippen molar-refractivity contribution in [2.45, 2.75) is 88.3 Å². The van der Waals surface area contributed by atoms with Crippen molar-refractivity contribution in [1.29, 1.82) is 5.26 Å². The van der Waals surface area contributed by atoms with Crippen LogP contribution in [0.15, 0.2) is 59.0 Å². The third-order valence-electron chi connectivity index (χ3n) is 10.8. The molecule has 5 fully saturated rings. The van der Waals surface area contributed by atoms with Crippen LogP contribution in [0.4, 0.5) is 0 Å². The molecule has 3 atom stereocenters. The van der Waals surface area contributed by atoms with Crippen molar-refractivity contribution in [1.82, 2.24) is 30.5 Å². The Labute approximate surface area is 298 Å². The molecule has 1 aliphatic carbocycles. The van der Waals surface area contributed by atoms with E-state index < -0.39 is 11.9 Å². The second-order valence-electron chi connectivity index (χ2n) is 13.8. The van der Waals surface area contributed by atoms with Gasteiger partial charge in [0.25, 0.3) is 5.91 Å². The van der Waals surface area contributed by atoms with Gasteiger partial charge in [-0.2, -0.15) is 5.26 Å². The van der Waals surface area contributed by atoms with Gasteiger partial charge in [-0.3, -0.25) is 29.6 Å². The number of piperidine rings is 2. The van der Waals surface area contributed by atoms with Crippen molar-refractivity contribution in [2.75, 3.05) is 13.1 Å². The zero-order valence-electron chi connectivity index (χ0n) is 26.9. The Morgan fingerprint density at radius 1 is 1.02 bits per heavy atom. The minimum atomic E-state index is -0.622. The Hall–Kier alpha value is -4.05. The second-order valence-corrected chi connectivity index (χ2v) is 15.0. The summed E-state index contributed by atoms with van der Waals surface area (Å²) in [5.74, 6) is 1.11. The molecule has 3 amide bonds. The highest BCUT2D eigenvalue weighted by molar-refractivity contribution is 9.10. The monoisotopic (exact) mass is 745 g/mol. The van der Waals surface area contributed by atoms with Gasteiger partial charge in [0.1, 0.15) is 23.7 Å². The van der Waals surface area contributed by atoms with Crippen molar-refractivity contribution in [3.63, 3.8) is 0 Å². The molecule has 0 aromatic heterocycles. The smallest absolute Gasteiger partial charge is 0.255 e. The number of halogens is 2. The van der Waals surface area contributed by atoms with Gasteiger partial charge in [0, 0.05) is 67.0 Å². The number of imide groups is 1. The lowest BCUT2D eigenvalue weighted by atomic mass is 9.86. The van der Waals surface area contributed by atoms with Crippen molar-refractivity contribution < 1.29 is 19.1 Å². The molecule has 13 heteroatoms. The van der Waals surface area contributed by atoms with E-state index in [0.717, 1.165) is 60.9 Å². The maximum Gasteiger partial charge on any atom is 0.255 e. The van der Waals surface area contributed by atoms with Gasteiger partial charge in [-0.1, -0.05) is 33.6 Å². The van der Waals surface area contributed by atoms with Crippen LogP contribution in [0.3, 0.4) is 0 Å². The van der Waals surface area contributed by atoms with Crippen molar-refractivity contribution in [2.24, 2.45) is 0 Å². The lowest BCUT2D eigenvalue weighted by Gasteiger charge is -2.60. The van der Waals surface area contributed by atoms with E-state index in [9.17, 15) is 14.4 Å². The molecule has 2 bridgehead atoms. The van der Waals surface area contributed by atoms with E-state index in [4.69, 9.17) is 21.6 Å². The summed E-state index contributed by atoms with van der Waals surface area (Å²) in [4.78, 5) is 44.1. The Kier molecular flexibility index (Phi) is 8.54. The number of fused-ring (bicyclic) bond motifs is 3. The Morgan fingerprint density at radius 2 is 1.82 bits per heavy atom. The summed E-state index contributed by atoms with van der Waals surface area (Å²) in [5, 5.41) is 14.3. The molecule has 0 radical (unpaired) electrons. The third-order valence-corrected chi connectivity index (χ3v) is 12.1. The number of amides is 3. The minimum Gasteiger partial charge on any atom is -0.490 e. The topological polar surface area (TPSA) is 121 Å². The minimum absolute atomic E-state index is 0.113. The number of rotatable bonds is 7. The van der Waals surface area contributed by atoms with Gasteiger partial charge >= 0.3 is 0 Å². The highest BCUT2D eigenvalue weighted by atomic mass is 79.9. The van der Waals surface area contributed by atoms with E-state index in [-0.39, 0.29) is 24.3 Å². The zero-order valence-corrected chi connectivity index (χ0v) is 29.3. The molecule has 1 saturated carbocycles. The fraction of sp³-hybridized carbons (Fsp3) is 0.444. The van der Waals surface area contributed by atoms with Crippen LogP contribution < -0.4 is 15.5 Å². The number of carbonyl (C=O) groups is 3. The predicted octanol–water partition coefficient (Wildman–Crippen LogP) is 4.56. The molecule has 4 saturated heterocycles. The molecule has 49 heavy (non-hydrogen) atoms. The molecule has 0 spiro atoms. The molecule has 2 aromatic rings. The molecule has 2 aromatic carbocycles. The summed E-state index contributed by atoms with van der Waals surface area (Å²) in [5.41, 5.74) is 6.66. The molecule has 11 nitrogen and oxygen atoms in total. The number of carbonyl (C=O) groups excluding carboxylic acids is 3. The van der Waals surface area contributed by atoms with Crippen LogP contribution in [-0.2, 0) is 22.7 Å². The van der Waals surface area contributed by atoms with E-state index in [1.165, 1.54) is 12.2 Å². The van der Waals surface area contributed by atoms with E-state index >= 15 is 0 Å². The van der Waals surface area contributed by atoms with E-state index in [1.807, 2.05) is 24.4 Å². The maximum atomic E-state index is 13.3. The van der Waals surface area contributed by atoms with E-state index in [0.29, 0.717) is 53.0 Å². The number of hydrogen-bond donors (Lipinski definition) is 2. The van der Waals surface area contributed by atoms with Crippen molar-refractivity contribution >= 4 is 45.3 Å². The average Bonchev–Trinajstić information content (AvgIpc) is 3.43. The van der Waals surface area contributed by atoms with Crippen LogP contribution in [0, 0.1) is 11.3 Å². The van der Waals surface area contributed by atoms with Gasteiger partial charge in [-0.25, -0.2) is 0 Å². The lowest BCUT2D eigenvalue weighted by molar-refractivity contribution is -0.136. The summed E-state index contributed by atoms with van der Waals surface area (Å²) in [6, 6.07) is 11.8. The molecule has 7 aliphatic rings. The van der Waals surface area contributed by atoms with Gasteiger partial charge in [-0.05, 0) is 80.0 Å². The summed E-state index contributed by atoms with van der Waals surface area (Å²) < 4.78 is 7.18. The van der Waals surface area contributed by atoms with Crippen LogP contribution in [0.25, 0.3) is 0 Å². The molecule has 2 N–H and O–H groups in total. The first-order chi connectivity index (χ1) is 23.8. The van der Waals surface area contributed by atoms with Gasteiger partial charge in [0.05, 0.1) is 22.7 Å². The summed E-state index contributed by atoms with van der Waals surface area (Å²) in [6.07, 6.45) is 12.1. The highest BCUT2D eigenvalue weighted by Gasteiger charge is 2.48. The number of hydrogen-bond acceptors (Lipinski definition) is 9. The predicted molar refractivity (Wildman–Crippen MR) is 185 cm³/mol. The van der Waals surface area contributed by atoms with Gasteiger partial charge in [0.15, 0.2) is 0 Å². The molecule has 9 rings (SSSR count). The largest absolute Gasteiger partial charge is 0.490 e. The fourth-order valence-electron chi connectivity index (χ4n) is 8.40. The molecule has 6 heterocycles. The number of piperazine rings is 1. The highest BCUT2D eigenvalue weighted by Crippen LogP contribution is 2.41. The SMILES string of the molecule is N#Cc1ccc(OC2CCC(N3NC=CC=C3N3C4CC3CN(Cc3ccc5c(c3Br)CN(C3CCC(=O)NC3=O)C5=O)C4)CC2)cc1Cl. The number of allylic oxidation sites excluding steroid dienone is 2. The molecular weight excluding hydrogens is 710 g/mol. The van der Waals surface area contributed by atoms with Gasteiger partial charge in [-0.15, -0.1) is 0 Å². The third kappa shape index (κ3) is 5.96. The Morgan fingerprint density at radius 3 is 2.55 bits per heavy atom. The van der Waals surface area contributed by atoms with Crippen LogP contribution in [0.2, 0.25) is 5.02 Å². The molecule has 3 unspecified atom stereocenters. The lowest BCUT2D eigenvalue weighted by Crippen LogP contribution is -2.70. The van der Waals surface area contributed by atoms with Gasteiger partial charge < -0.3 is 20.0 Å². The summed E-state index contributed by atoms with van der Waals surface area (Å²) in [6.45, 7) is 3.03. The zero-order chi connectivity index (χ0) is 33.8. The number of ether oxygens (including phenoxy) is 1. The standard InChI is InChI=1S/C36H37BrClN7O4/c37-34-22(4-10-28-29(34)20-43(36(28)48)31-11-12-32(46)41-35(31)47)17-42-18-24-14-25(19-42)44(24)33-2-1-13-40-45(33)23-5-8-26(9-6-23)49-27-7-3-21(16-39)30(38)15-27/h1-4,7,10,13,15,23-26,31,40H,5-6,8-9,11-12,14,17-20H2,(H,41,46,47). The number of nitrogens with zero attached hydrogens (tertiary/aromatic N) is 5. The second kappa shape index (κ2) is 13.0. The number of nitriles is 1. The van der Waals surface area contributed by atoms with E-state index in [1.54, 1.807) is 17.0 Å². The molecular formula is C36H37BrClN7O4. The fourth-order valence-corrected chi connectivity index (χ4v) is 9.21. The number of hydrazine groups is 1. The van der Waals surface area contributed by atoms with Crippen molar-refractivity contribution in [3.8, 4) is 11.8 Å². The van der Waals surface area contributed by atoms with Crippen molar-refractivity contribution in [3.05, 3.63) is 86.3 Å². The quantitative estimate of drug-likeness (QED) is 0.393. The summed E-state index contributed by atoms with van der Waals surface area (Å²) >= 11 is 10.0. The summed E-state index contributed by atoms with van der Waals surface area (Å²) in [7, 11) is 0. The number of benzene rings is 2. The van der Waals surface area contributed by atoms with Crippen LogP contribution in [0.5, 0.6) is 5.75 Å². The average molecular weight is 747 g/mol. The van der Waals surface area contributed by atoms with E-state index in [2.05, 4.69) is 59.7 Å². The van der Waals surface area contributed by atoms with Crippen LogP contribution in [0.1, 0.15) is 72.0 Å². The number of nitrogens with one attached hydrogen (secondary N) is 2.